The maximum absolute atomic E-state index is 11.7. The minimum absolute atomic E-state index is 0.349. The summed E-state index contributed by atoms with van der Waals surface area (Å²) in [5.41, 5.74) is 0.461. The Balaban J connectivity index is 2.80. The van der Waals surface area contributed by atoms with Gasteiger partial charge in [0.2, 0.25) is 0 Å². The summed E-state index contributed by atoms with van der Waals surface area (Å²) >= 11 is 0. The van der Waals surface area contributed by atoms with Gasteiger partial charge in [-0.05, 0) is 39.2 Å². The van der Waals surface area contributed by atoms with Crippen molar-refractivity contribution in [2.75, 3.05) is 41.0 Å². The molecule has 0 saturated heterocycles. The van der Waals surface area contributed by atoms with Crippen LogP contribution in [0.4, 0.5) is 0 Å². The highest BCUT2D eigenvalue weighted by atomic mass is 16.5. The van der Waals surface area contributed by atoms with Crippen LogP contribution in [-0.4, -0.2) is 51.8 Å². The standard InChI is InChI=1S/C14H21NO4/c1-5-18-14(16)11-6-7-12(17-4)13(10-11)19-9-8-15(2)3/h6-7,10H,5,8-9H2,1-4H3. The third kappa shape index (κ3) is 4.79. The molecule has 0 aliphatic heterocycles. The van der Waals surface area contributed by atoms with E-state index in [1.54, 1.807) is 32.2 Å². The third-order valence-electron chi connectivity index (χ3n) is 2.47. The van der Waals surface area contributed by atoms with Gasteiger partial charge < -0.3 is 19.1 Å². The van der Waals surface area contributed by atoms with E-state index in [4.69, 9.17) is 14.2 Å². The van der Waals surface area contributed by atoms with Crippen LogP contribution in [0.5, 0.6) is 11.5 Å². The van der Waals surface area contributed by atoms with Gasteiger partial charge in [0.15, 0.2) is 11.5 Å². The van der Waals surface area contributed by atoms with Crippen LogP contribution < -0.4 is 9.47 Å². The maximum Gasteiger partial charge on any atom is 0.338 e. The molecule has 1 aromatic carbocycles. The van der Waals surface area contributed by atoms with Gasteiger partial charge in [0, 0.05) is 6.54 Å². The summed E-state index contributed by atoms with van der Waals surface area (Å²) in [6.45, 7) is 3.43. The van der Waals surface area contributed by atoms with Gasteiger partial charge in [-0.25, -0.2) is 4.79 Å². The quantitative estimate of drug-likeness (QED) is 0.705. The summed E-state index contributed by atoms with van der Waals surface area (Å²) in [6, 6.07) is 5.01. The number of ether oxygens (including phenoxy) is 3. The van der Waals surface area contributed by atoms with Crippen molar-refractivity contribution < 1.29 is 19.0 Å². The van der Waals surface area contributed by atoms with Crippen molar-refractivity contribution in [3.63, 3.8) is 0 Å². The van der Waals surface area contributed by atoms with E-state index in [0.717, 1.165) is 6.54 Å². The van der Waals surface area contributed by atoms with Crippen molar-refractivity contribution in [3.8, 4) is 11.5 Å². The molecule has 0 unspecified atom stereocenters. The maximum atomic E-state index is 11.7. The molecular formula is C14H21NO4. The molecule has 0 heterocycles. The molecule has 5 nitrogen and oxygen atoms in total. The molecule has 19 heavy (non-hydrogen) atoms. The number of nitrogens with zero attached hydrogens (tertiary/aromatic N) is 1. The molecule has 1 aromatic rings. The van der Waals surface area contributed by atoms with E-state index >= 15 is 0 Å². The average molecular weight is 267 g/mol. The first kappa shape index (κ1) is 15.3. The van der Waals surface area contributed by atoms with Crippen LogP contribution in [-0.2, 0) is 4.74 Å². The molecule has 0 saturated carbocycles. The zero-order valence-corrected chi connectivity index (χ0v) is 11.9. The number of hydrogen-bond donors (Lipinski definition) is 0. The smallest absolute Gasteiger partial charge is 0.338 e. The van der Waals surface area contributed by atoms with Crippen LogP contribution in [0.3, 0.4) is 0 Å². The number of carbonyl (C=O) groups is 1. The summed E-state index contributed by atoms with van der Waals surface area (Å²) in [6.07, 6.45) is 0. The molecule has 0 aliphatic carbocycles. The molecule has 106 valence electrons. The van der Waals surface area contributed by atoms with Crippen LogP contribution in [0.1, 0.15) is 17.3 Å². The Morgan fingerprint density at radius 1 is 1.26 bits per heavy atom. The zero-order valence-electron chi connectivity index (χ0n) is 11.9. The van der Waals surface area contributed by atoms with E-state index in [2.05, 4.69) is 0 Å². The second-order valence-corrected chi connectivity index (χ2v) is 4.24. The molecule has 0 fully saturated rings. The molecule has 0 aromatic heterocycles. The SMILES string of the molecule is CCOC(=O)c1ccc(OC)c(OCCN(C)C)c1. The zero-order chi connectivity index (χ0) is 14.3. The summed E-state index contributed by atoms with van der Waals surface area (Å²) < 4.78 is 15.8. The summed E-state index contributed by atoms with van der Waals surface area (Å²) in [5, 5.41) is 0. The highest BCUT2D eigenvalue weighted by Gasteiger charge is 2.12. The van der Waals surface area contributed by atoms with Crippen molar-refractivity contribution >= 4 is 5.97 Å². The van der Waals surface area contributed by atoms with E-state index in [1.807, 2.05) is 19.0 Å². The Bertz CT molecular complexity index is 418. The number of hydrogen-bond acceptors (Lipinski definition) is 5. The molecule has 1 rings (SSSR count). The fraction of sp³-hybridized carbons (Fsp3) is 0.500. The third-order valence-corrected chi connectivity index (χ3v) is 2.47. The molecular weight excluding hydrogens is 246 g/mol. The molecule has 0 N–H and O–H groups in total. The number of esters is 1. The molecule has 0 spiro atoms. The van der Waals surface area contributed by atoms with Crippen molar-refractivity contribution in [2.24, 2.45) is 0 Å². The van der Waals surface area contributed by atoms with E-state index in [1.165, 1.54) is 0 Å². The number of likely N-dealkylation sites (N-methyl/N-ethyl adjacent to an activating group) is 1. The number of benzene rings is 1. The Morgan fingerprint density at radius 2 is 2.00 bits per heavy atom. The van der Waals surface area contributed by atoms with E-state index < -0.39 is 0 Å². The molecule has 0 aliphatic rings. The van der Waals surface area contributed by atoms with Crippen molar-refractivity contribution in [1.82, 2.24) is 4.90 Å². The Labute approximate surface area is 114 Å². The van der Waals surface area contributed by atoms with Gasteiger partial charge in [0.05, 0.1) is 19.3 Å². The number of rotatable bonds is 7. The Morgan fingerprint density at radius 3 is 2.58 bits per heavy atom. The summed E-state index contributed by atoms with van der Waals surface area (Å²) in [4.78, 5) is 13.7. The summed E-state index contributed by atoms with van der Waals surface area (Å²) in [5.74, 6) is 0.796. The average Bonchev–Trinajstić information content (AvgIpc) is 2.38. The second-order valence-electron chi connectivity index (χ2n) is 4.24. The van der Waals surface area contributed by atoms with Crippen molar-refractivity contribution in [3.05, 3.63) is 23.8 Å². The van der Waals surface area contributed by atoms with Gasteiger partial charge in [-0.3, -0.25) is 0 Å². The first-order chi connectivity index (χ1) is 9.08. The van der Waals surface area contributed by atoms with Gasteiger partial charge in [0.25, 0.3) is 0 Å². The van der Waals surface area contributed by atoms with Crippen LogP contribution in [0.25, 0.3) is 0 Å². The first-order valence-corrected chi connectivity index (χ1v) is 6.21. The van der Waals surface area contributed by atoms with Crippen LogP contribution in [0.15, 0.2) is 18.2 Å². The van der Waals surface area contributed by atoms with E-state index in [9.17, 15) is 4.79 Å². The van der Waals surface area contributed by atoms with Crippen LogP contribution >= 0.6 is 0 Å². The fourth-order valence-corrected chi connectivity index (χ4v) is 1.47. The van der Waals surface area contributed by atoms with Gasteiger partial charge in [0.1, 0.15) is 6.61 Å². The van der Waals surface area contributed by atoms with Gasteiger partial charge in [-0.15, -0.1) is 0 Å². The Kier molecular flexibility index (Phi) is 6.15. The molecule has 0 amide bonds. The largest absolute Gasteiger partial charge is 0.493 e. The number of carbonyl (C=O) groups excluding carboxylic acids is 1. The molecule has 0 radical (unpaired) electrons. The normalized spacial score (nSPS) is 10.4. The second kappa shape index (κ2) is 7.63. The predicted octanol–water partition coefficient (Wildman–Crippen LogP) is 1.81. The minimum Gasteiger partial charge on any atom is -0.493 e. The lowest BCUT2D eigenvalue weighted by Crippen LogP contribution is -2.19. The van der Waals surface area contributed by atoms with E-state index in [-0.39, 0.29) is 5.97 Å². The fourth-order valence-electron chi connectivity index (χ4n) is 1.47. The van der Waals surface area contributed by atoms with Gasteiger partial charge in [-0.1, -0.05) is 0 Å². The van der Waals surface area contributed by atoms with Crippen molar-refractivity contribution in [1.29, 1.82) is 0 Å². The molecule has 5 heteroatoms. The highest BCUT2D eigenvalue weighted by molar-refractivity contribution is 5.90. The Hall–Kier alpha value is -1.75. The number of methoxy groups -OCH3 is 1. The minimum atomic E-state index is -0.359. The predicted molar refractivity (Wildman–Crippen MR) is 73.0 cm³/mol. The molecule has 0 atom stereocenters. The van der Waals surface area contributed by atoms with Gasteiger partial charge in [-0.2, -0.15) is 0 Å². The van der Waals surface area contributed by atoms with Crippen LogP contribution in [0, 0.1) is 0 Å². The summed E-state index contributed by atoms with van der Waals surface area (Å²) in [7, 11) is 5.50. The lowest BCUT2D eigenvalue weighted by atomic mass is 10.2. The molecule has 0 bridgehead atoms. The van der Waals surface area contributed by atoms with Gasteiger partial charge >= 0.3 is 5.97 Å². The monoisotopic (exact) mass is 267 g/mol. The van der Waals surface area contributed by atoms with Crippen LogP contribution in [0.2, 0.25) is 0 Å². The first-order valence-electron chi connectivity index (χ1n) is 6.21. The van der Waals surface area contributed by atoms with E-state index in [0.29, 0.717) is 30.3 Å². The van der Waals surface area contributed by atoms with Crippen molar-refractivity contribution in [2.45, 2.75) is 6.92 Å². The lowest BCUT2D eigenvalue weighted by Gasteiger charge is -2.14. The highest BCUT2D eigenvalue weighted by Crippen LogP contribution is 2.28. The topological polar surface area (TPSA) is 48.0 Å². The lowest BCUT2D eigenvalue weighted by molar-refractivity contribution is 0.0525.